The molecule has 1 fully saturated rings. The molecule has 1 aromatic carbocycles. The van der Waals surface area contributed by atoms with Crippen LogP contribution in [0.3, 0.4) is 0 Å². The van der Waals surface area contributed by atoms with Crippen LogP contribution in [-0.4, -0.2) is 82.2 Å². The molecule has 0 aliphatic carbocycles. The minimum atomic E-state index is -1.33. The second-order valence-corrected chi connectivity index (χ2v) is 8.58. The van der Waals surface area contributed by atoms with E-state index in [4.69, 9.17) is 5.11 Å². The number of carbonyl (C=O) groups is 2. The van der Waals surface area contributed by atoms with Gasteiger partial charge in [0.25, 0.3) is 0 Å². The number of rotatable bonds is 8. The summed E-state index contributed by atoms with van der Waals surface area (Å²) in [5.74, 6) is -1.75. The molecule has 8 nitrogen and oxygen atoms in total. The molecule has 3 N–H and O–H groups in total. The van der Waals surface area contributed by atoms with E-state index in [-0.39, 0.29) is 6.42 Å². The number of thiazole rings is 1. The van der Waals surface area contributed by atoms with Crippen molar-refractivity contribution in [3.05, 3.63) is 40.9 Å². The number of likely N-dealkylation sites (N-methyl/N-ethyl adjacent to an activating group) is 1. The first-order valence-corrected chi connectivity index (χ1v) is 10.8. The summed E-state index contributed by atoms with van der Waals surface area (Å²) in [7, 11) is 2.14. The summed E-state index contributed by atoms with van der Waals surface area (Å²) >= 11 is 1.45. The van der Waals surface area contributed by atoms with E-state index >= 15 is 0 Å². The molecule has 0 saturated carbocycles. The number of amides is 1. The Hall–Kier alpha value is -2.33. The molecular weight excluding hydrogens is 404 g/mol. The highest BCUT2D eigenvalue weighted by Gasteiger charge is 2.25. The van der Waals surface area contributed by atoms with Crippen LogP contribution in [0.15, 0.2) is 29.6 Å². The number of carboxylic acid groups (broad SMARTS) is 1. The van der Waals surface area contributed by atoms with Gasteiger partial charge in [0.15, 0.2) is 6.04 Å². The zero-order chi connectivity index (χ0) is 21.7. The highest BCUT2D eigenvalue weighted by Crippen LogP contribution is 2.25. The van der Waals surface area contributed by atoms with Crippen molar-refractivity contribution in [3.8, 4) is 10.6 Å². The Morgan fingerprint density at radius 2 is 2.00 bits per heavy atom. The van der Waals surface area contributed by atoms with Gasteiger partial charge in [-0.1, -0.05) is 18.2 Å². The van der Waals surface area contributed by atoms with Gasteiger partial charge >= 0.3 is 5.97 Å². The molecule has 2 aromatic rings. The lowest BCUT2D eigenvalue weighted by Crippen LogP contribution is -2.48. The highest BCUT2D eigenvalue weighted by atomic mass is 32.1. The number of benzene rings is 1. The topological polar surface area (TPSA) is 106 Å². The van der Waals surface area contributed by atoms with Crippen molar-refractivity contribution < 1.29 is 19.8 Å². The SMILES string of the molecule is CC(O)C(NC(=O)Cc1csc(-c2cccc(CN3CCN(C)CC3)c2)n1)C(=O)O. The summed E-state index contributed by atoms with van der Waals surface area (Å²) in [6, 6.07) is 6.95. The van der Waals surface area contributed by atoms with Gasteiger partial charge in [0.05, 0.1) is 18.2 Å². The first-order valence-electron chi connectivity index (χ1n) is 9.96. The van der Waals surface area contributed by atoms with E-state index in [1.54, 1.807) is 5.38 Å². The third-order valence-electron chi connectivity index (χ3n) is 5.13. The van der Waals surface area contributed by atoms with Crippen LogP contribution >= 0.6 is 11.3 Å². The van der Waals surface area contributed by atoms with E-state index in [9.17, 15) is 14.7 Å². The lowest BCUT2D eigenvalue weighted by Gasteiger charge is -2.32. The van der Waals surface area contributed by atoms with Crippen LogP contribution in [0.1, 0.15) is 18.2 Å². The van der Waals surface area contributed by atoms with Gasteiger partial charge in [-0.15, -0.1) is 11.3 Å². The molecule has 1 amide bonds. The highest BCUT2D eigenvalue weighted by molar-refractivity contribution is 7.13. The van der Waals surface area contributed by atoms with E-state index in [1.807, 2.05) is 12.1 Å². The van der Waals surface area contributed by atoms with Gasteiger partial charge < -0.3 is 20.4 Å². The Morgan fingerprint density at radius 3 is 2.67 bits per heavy atom. The van der Waals surface area contributed by atoms with Crippen LogP contribution < -0.4 is 5.32 Å². The second-order valence-electron chi connectivity index (χ2n) is 7.72. The molecule has 1 saturated heterocycles. The van der Waals surface area contributed by atoms with Gasteiger partial charge in [0, 0.05) is 43.7 Å². The summed E-state index contributed by atoms with van der Waals surface area (Å²) in [5.41, 5.74) is 2.81. The van der Waals surface area contributed by atoms with Crippen LogP contribution in [0, 0.1) is 0 Å². The smallest absolute Gasteiger partial charge is 0.328 e. The number of nitrogens with one attached hydrogen (secondary N) is 1. The summed E-state index contributed by atoms with van der Waals surface area (Å²) in [6.45, 7) is 6.50. The maximum Gasteiger partial charge on any atom is 0.328 e. The number of aliphatic hydroxyl groups is 1. The van der Waals surface area contributed by atoms with E-state index in [0.29, 0.717) is 5.69 Å². The van der Waals surface area contributed by atoms with Crippen LogP contribution in [0.5, 0.6) is 0 Å². The molecular formula is C21H28N4O4S. The third-order valence-corrected chi connectivity index (χ3v) is 6.07. The van der Waals surface area contributed by atoms with Crippen LogP contribution in [0.25, 0.3) is 10.6 Å². The fraction of sp³-hybridized carbons (Fsp3) is 0.476. The van der Waals surface area contributed by atoms with Crippen LogP contribution in [0.2, 0.25) is 0 Å². The standard InChI is InChI=1S/C21H28N4O4S/c1-14(26)19(21(28)29)23-18(27)11-17-13-30-20(22-17)16-5-3-4-15(10-16)12-25-8-6-24(2)7-9-25/h3-5,10,13-14,19,26H,6-9,11-12H2,1-2H3,(H,23,27)(H,28,29). The van der Waals surface area contributed by atoms with Gasteiger partial charge in [0.2, 0.25) is 5.91 Å². The maximum atomic E-state index is 12.1. The predicted molar refractivity (Wildman–Crippen MR) is 115 cm³/mol. The van der Waals surface area contributed by atoms with Crippen molar-refractivity contribution in [2.24, 2.45) is 0 Å². The maximum absolute atomic E-state index is 12.1. The fourth-order valence-electron chi connectivity index (χ4n) is 3.37. The number of aliphatic hydroxyl groups excluding tert-OH is 1. The minimum Gasteiger partial charge on any atom is -0.480 e. The molecule has 2 atom stereocenters. The summed E-state index contributed by atoms with van der Waals surface area (Å²) < 4.78 is 0. The van der Waals surface area contributed by atoms with Crippen LogP contribution in [-0.2, 0) is 22.6 Å². The number of piperazine rings is 1. The number of aromatic nitrogens is 1. The van der Waals surface area contributed by atoms with Crippen molar-refractivity contribution in [1.82, 2.24) is 20.1 Å². The Morgan fingerprint density at radius 1 is 1.27 bits per heavy atom. The molecule has 2 unspecified atom stereocenters. The molecule has 1 aromatic heterocycles. The van der Waals surface area contributed by atoms with Gasteiger partial charge in [-0.3, -0.25) is 9.69 Å². The van der Waals surface area contributed by atoms with Gasteiger partial charge in [-0.25, -0.2) is 9.78 Å². The van der Waals surface area contributed by atoms with Crippen molar-refractivity contribution in [2.75, 3.05) is 33.2 Å². The van der Waals surface area contributed by atoms with Crippen molar-refractivity contribution in [2.45, 2.75) is 32.0 Å². The Balaban J connectivity index is 1.61. The Bertz CT molecular complexity index is 877. The third kappa shape index (κ3) is 6.09. The average Bonchev–Trinajstić information content (AvgIpc) is 3.16. The van der Waals surface area contributed by atoms with E-state index < -0.39 is 24.0 Å². The molecule has 0 bridgehead atoms. The minimum absolute atomic E-state index is 0.0337. The summed E-state index contributed by atoms with van der Waals surface area (Å²) in [5, 5.41) is 23.5. The molecule has 3 rings (SSSR count). The molecule has 9 heteroatoms. The number of carbonyl (C=O) groups excluding carboxylic acids is 1. The number of hydrogen-bond donors (Lipinski definition) is 3. The normalized spacial score (nSPS) is 17.4. The molecule has 162 valence electrons. The van der Waals surface area contributed by atoms with Crippen LogP contribution in [0.4, 0.5) is 0 Å². The van der Waals surface area contributed by atoms with Gasteiger partial charge in [-0.2, -0.15) is 0 Å². The van der Waals surface area contributed by atoms with E-state index in [2.05, 4.69) is 39.3 Å². The van der Waals surface area contributed by atoms with Gasteiger partial charge in [0.1, 0.15) is 5.01 Å². The average molecular weight is 433 g/mol. The van der Waals surface area contributed by atoms with E-state index in [0.717, 1.165) is 43.3 Å². The zero-order valence-corrected chi connectivity index (χ0v) is 18.1. The molecule has 30 heavy (non-hydrogen) atoms. The Kier molecular flexibility index (Phi) is 7.54. The number of nitrogens with zero attached hydrogens (tertiary/aromatic N) is 3. The Labute approximate surface area is 180 Å². The van der Waals surface area contributed by atoms with Crippen molar-refractivity contribution in [3.63, 3.8) is 0 Å². The number of hydrogen-bond acceptors (Lipinski definition) is 7. The largest absolute Gasteiger partial charge is 0.480 e. The molecule has 2 heterocycles. The quantitative estimate of drug-likeness (QED) is 0.573. The lowest BCUT2D eigenvalue weighted by atomic mass is 10.1. The number of aliphatic carboxylic acids is 1. The first-order chi connectivity index (χ1) is 14.3. The van der Waals surface area contributed by atoms with E-state index in [1.165, 1.54) is 23.8 Å². The van der Waals surface area contributed by atoms with Crippen molar-refractivity contribution in [1.29, 1.82) is 0 Å². The first kappa shape index (κ1) is 22.4. The molecule has 1 aliphatic heterocycles. The predicted octanol–water partition coefficient (Wildman–Crippen LogP) is 1.05. The zero-order valence-electron chi connectivity index (χ0n) is 17.2. The fourth-order valence-corrected chi connectivity index (χ4v) is 4.18. The molecule has 0 radical (unpaired) electrons. The molecule has 0 spiro atoms. The summed E-state index contributed by atoms with van der Waals surface area (Å²) in [6.07, 6.45) is -1.21. The van der Waals surface area contributed by atoms with Crippen molar-refractivity contribution >= 4 is 23.2 Å². The molecule has 1 aliphatic rings. The summed E-state index contributed by atoms with van der Waals surface area (Å²) in [4.78, 5) is 32.6. The number of carboxylic acids is 1. The second kappa shape index (κ2) is 10.1. The monoisotopic (exact) mass is 432 g/mol. The van der Waals surface area contributed by atoms with Gasteiger partial charge in [-0.05, 0) is 25.6 Å². The lowest BCUT2D eigenvalue weighted by molar-refractivity contribution is -0.144.